The molecule has 0 aliphatic carbocycles. The molecule has 0 bridgehead atoms. The molecular weight excluding hydrogens is 332 g/mol. The lowest BCUT2D eigenvalue weighted by Crippen LogP contribution is -2.15. The highest BCUT2D eigenvalue weighted by Gasteiger charge is 2.12. The zero-order valence-corrected chi connectivity index (χ0v) is 13.3. The second-order valence-electron chi connectivity index (χ2n) is 4.59. The maximum Gasteiger partial charge on any atom is 0.257 e. The number of para-hydroxylation sites is 1. The SMILES string of the molecule is COCCc1ccccc1NC(=O)c1ccc(Br)cc1N. The number of hydrogen-bond acceptors (Lipinski definition) is 3. The third-order valence-electron chi connectivity index (χ3n) is 3.10. The Morgan fingerprint density at radius 3 is 2.76 bits per heavy atom. The summed E-state index contributed by atoms with van der Waals surface area (Å²) in [6.07, 6.45) is 0.739. The molecule has 110 valence electrons. The Hall–Kier alpha value is -1.85. The Morgan fingerprint density at radius 1 is 1.29 bits per heavy atom. The summed E-state index contributed by atoms with van der Waals surface area (Å²) in [6, 6.07) is 12.9. The lowest BCUT2D eigenvalue weighted by molar-refractivity contribution is 0.102. The van der Waals surface area contributed by atoms with E-state index in [4.69, 9.17) is 10.5 Å². The molecule has 0 radical (unpaired) electrons. The summed E-state index contributed by atoms with van der Waals surface area (Å²) in [7, 11) is 1.66. The van der Waals surface area contributed by atoms with E-state index in [1.807, 2.05) is 24.3 Å². The van der Waals surface area contributed by atoms with Gasteiger partial charge in [0.25, 0.3) is 5.91 Å². The smallest absolute Gasteiger partial charge is 0.257 e. The zero-order valence-electron chi connectivity index (χ0n) is 11.7. The van der Waals surface area contributed by atoms with Crippen molar-refractivity contribution in [2.75, 3.05) is 24.8 Å². The van der Waals surface area contributed by atoms with Crippen LogP contribution in [0.3, 0.4) is 0 Å². The van der Waals surface area contributed by atoms with Crippen LogP contribution in [0.15, 0.2) is 46.9 Å². The number of nitrogen functional groups attached to an aromatic ring is 1. The van der Waals surface area contributed by atoms with Crippen LogP contribution in [0.2, 0.25) is 0 Å². The molecule has 2 rings (SSSR count). The van der Waals surface area contributed by atoms with Crippen LogP contribution < -0.4 is 11.1 Å². The minimum absolute atomic E-state index is 0.218. The Kier molecular flexibility index (Phi) is 5.36. The van der Waals surface area contributed by atoms with E-state index >= 15 is 0 Å². The summed E-state index contributed by atoms with van der Waals surface area (Å²) in [5.74, 6) is -0.218. The second-order valence-corrected chi connectivity index (χ2v) is 5.50. The maximum absolute atomic E-state index is 12.3. The Balaban J connectivity index is 2.19. The molecule has 0 aliphatic heterocycles. The quantitative estimate of drug-likeness (QED) is 0.813. The molecule has 0 unspecified atom stereocenters. The number of nitrogens with one attached hydrogen (secondary N) is 1. The number of anilines is 2. The van der Waals surface area contributed by atoms with Crippen molar-refractivity contribution in [1.82, 2.24) is 0 Å². The zero-order chi connectivity index (χ0) is 15.2. The fourth-order valence-electron chi connectivity index (χ4n) is 2.00. The van der Waals surface area contributed by atoms with Crippen LogP contribution in [0.4, 0.5) is 11.4 Å². The van der Waals surface area contributed by atoms with Crippen molar-refractivity contribution in [2.45, 2.75) is 6.42 Å². The van der Waals surface area contributed by atoms with Gasteiger partial charge in [0, 0.05) is 23.0 Å². The van der Waals surface area contributed by atoms with Crippen LogP contribution in [0, 0.1) is 0 Å². The van der Waals surface area contributed by atoms with Crippen LogP contribution in [0.25, 0.3) is 0 Å². The first kappa shape index (κ1) is 15.5. The number of nitrogens with two attached hydrogens (primary N) is 1. The first-order valence-electron chi connectivity index (χ1n) is 6.55. The highest BCUT2D eigenvalue weighted by atomic mass is 79.9. The molecule has 0 saturated carbocycles. The van der Waals surface area contributed by atoms with Crippen molar-refractivity contribution in [1.29, 1.82) is 0 Å². The minimum atomic E-state index is -0.218. The van der Waals surface area contributed by atoms with E-state index in [0.717, 1.165) is 22.1 Å². The largest absolute Gasteiger partial charge is 0.398 e. The normalized spacial score (nSPS) is 10.4. The molecule has 1 amide bonds. The number of halogens is 1. The summed E-state index contributed by atoms with van der Waals surface area (Å²) in [6.45, 7) is 0.604. The fourth-order valence-corrected chi connectivity index (χ4v) is 2.38. The van der Waals surface area contributed by atoms with Gasteiger partial charge in [0.15, 0.2) is 0 Å². The number of benzene rings is 2. The average molecular weight is 349 g/mol. The summed E-state index contributed by atoms with van der Waals surface area (Å²) in [5, 5.41) is 2.91. The van der Waals surface area contributed by atoms with E-state index < -0.39 is 0 Å². The number of ether oxygens (including phenoxy) is 1. The topological polar surface area (TPSA) is 64.3 Å². The van der Waals surface area contributed by atoms with Gasteiger partial charge in [-0.15, -0.1) is 0 Å². The van der Waals surface area contributed by atoms with Gasteiger partial charge >= 0.3 is 0 Å². The fraction of sp³-hybridized carbons (Fsp3) is 0.188. The Bertz CT molecular complexity index is 644. The first-order valence-corrected chi connectivity index (χ1v) is 7.34. The molecular formula is C16H17BrN2O2. The predicted molar refractivity (Wildman–Crippen MR) is 88.5 cm³/mol. The molecule has 2 aromatic carbocycles. The van der Waals surface area contributed by atoms with Gasteiger partial charge in [-0.1, -0.05) is 34.1 Å². The second kappa shape index (κ2) is 7.24. The van der Waals surface area contributed by atoms with Gasteiger partial charge in [-0.25, -0.2) is 0 Å². The third-order valence-corrected chi connectivity index (χ3v) is 3.59. The van der Waals surface area contributed by atoms with Gasteiger partial charge in [-0.05, 0) is 36.2 Å². The first-order chi connectivity index (χ1) is 10.1. The van der Waals surface area contributed by atoms with E-state index in [1.54, 1.807) is 25.3 Å². The lowest BCUT2D eigenvalue weighted by Gasteiger charge is -2.12. The number of methoxy groups -OCH3 is 1. The molecule has 0 saturated heterocycles. The highest BCUT2D eigenvalue weighted by molar-refractivity contribution is 9.10. The minimum Gasteiger partial charge on any atom is -0.398 e. The number of carbonyl (C=O) groups excluding carboxylic acids is 1. The Morgan fingerprint density at radius 2 is 2.05 bits per heavy atom. The number of hydrogen-bond donors (Lipinski definition) is 2. The summed E-state index contributed by atoms with van der Waals surface area (Å²) in [5.41, 5.74) is 8.59. The molecule has 5 heteroatoms. The molecule has 0 aliphatic rings. The summed E-state index contributed by atoms with van der Waals surface area (Å²) < 4.78 is 5.93. The molecule has 0 aromatic heterocycles. The van der Waals surface area contributed by atoms with Crippen LogP contribution >= 0.6 is 15.9 Å². The number of carbonyl (C=O) groups is 1. The van der Waals surface area contributed by atoms with Gasteiger partial charge < -0.3 is 15.8 Å². The van der Waals surface area contributed by atoms with Crippen LogP contribution in [-0.2, 0) is 11.2 Å². The van der Waals surface area contributed by atoms with Crippen LogP contribution in [-0.4, -0.2) is 19.6 Å². The molecule has 0 atom stereocenters. The molecule has 0 spiro atoms. The van der Waals surface area contributed by atoms with E-state index in [-0.39, 0.29) is 5.91 Å². The van der Waals surface area contributed by atoms with Crippen molar-refractivity contribution >= 4 is 33.2 Å². The molecule has 4 nitrogen and oxygen atoms in total. The third kappa shape index (κ3) is 4.06. The average Bonchev–Trinajstić information content (AvgIpc) is 2.46. The van der Waals surface area contributed by atoms with E-state index in [2.05, 4.69) is 21.2 Å². The number of amides is 1. The summed E-state index contributed by atoms with van der Waals surface area (Å²) >= 11 is 3.33. The lowest BCUT2D eigenvalue weighted by atomic mass is 10.1. The summed E-state index contributed by atoms with van der Waals surface area (Å²) in [4.78, 5) is 12.3. The van der Waals surface area contributed by atoms with Gasteiger partial charge in [0.05, 0.1) is 12.2 Å². The van der Waals surface area contributed by atoms with Crippen molar-refractivity contribution in [3.8, 4) is 0 Å². The Labute approximate surface area is 132 Å². The van der Waals surface area contributed by atoms with Gasteiger partial charge in [-0.3, -0.25) is 4.79 Å². The molecule has 0 heterocycles. The van der Waals surface area contributed by atoms with E-state index in [1.165, 1.54) is 0 Å². The van der Waals surface area contributed by atoms with E-state index in [9.17, 15) is 4.79 Å². The number of rotatable bonds is 5. The maximum atomic E-state index is 12.3. The van der Waals surface area contributed by atoms with Gasteiger partial charge in [0.2, 0.25) is 0 Å². The van der Waals surface area contributed by atoms with Crippen molar-refractivity contribution < 1.29 is 9.53 Å². The van der Waals surface area contributed by atoms with E-state index in [0.29, 0.717) is 17.9 Å². The van der Waals surface area contributed by atoms with Crippen LogP contribution in [0.1, 0.15) is 15.9 Å². The van der Waals surface area contributed by atoms with Crippen molar-refractivity contribution in [2.24, 2.45) is 0 Å². The van der Waals surface area contributed by atoms with Crippen molar-refractivity contribution in [3.05, 3.63) is 58.1 Å². The molecule has 2 aromatic rings. The molecule has 0 fully saturated rings. The molecule has 21 heavy (non-hydrogen) atoms. The van der Waals surface area contributed by atoms with Crippen LogP contribution in [0.5, 0.6) is 0 Å². The van der Waals surface area contributed by atoms with Gasteiger partial charge in [0.1, 0.15) is 0 Å². The highest BCUT2D eigenvalue weighted by Crippen LogP contribution is 2.21. The predicted octanol–water partition coefficient (Wildman–Crippen LogP) is 3.47. The molecule has 3 N–H and O–H groups in total. The van der Waals surface area contributed by atoms with Crippen molar-refractivity contribution in [3.63, 3.8) is 0 Å². The monoisotopic (exact) mass is 348 g/mol. The standard InChI is InChI=1S/C16H17BrN2O2/c1-21-9-8-11-4-2-3-5-15(11)19-16(20)13-7-6-12(17)10-14(13)18/h2-7,10H,8-9,18H2,1H3,(H,19,20). The van der Waals surface area contributed by atoms with Gasteiger partial charge in [-0.2, -0.15) is 0 Å².